The molecule has 1 heterocycles. The molecule has 0 saturated heterocycles. The van der Waals surface area contributed by atoms with Crippen molar-refractivity contribution in [3.05, 3.63) is 65.4 Å². The second-order valence-corrected chi connectivity index (χ2v) is 5.35. The summed E-state index contributed by atoms with van der Waals surface area (Å²) in [5.74, 6) is 5.52. The minimum absolute atomic E-state index is 0.0185. The molecule has 0 unspecified atom stereocenters. The molecule has 0 atom stereocenters. The van der Waals surface area contributed by atoms with E-state index in [0.29, 0.717) is 23.3 Å². The number of nitrogens with zero attached hydrogens (tertiary/aromatic N) is 2. The topological polar surface area (TPSA) is 91.7 Å². The van der Waals surface area contributed by atoms with Gasteiger partial charge in [-0.25, -0.2) is 0 Å². The van der Waals surface area contributed by atoms with Crippen LogP contribution in [0, 0.1) is 6.92 Å². The van der Waals surface area contributed by atoms with E-state index in [-0.39, 0.29) is 11.5 Å². The lowest BCUT2D eigenvalue weighted by Crippen LogP contribution is -2.10. The lowest BCUT2D eigenvalue weighted by Gasteiger charge is -2.11. The summed E-state index contributed by atoms with van der Waals surface area (Å²) >= 11 is 0. The van der Waals surface area contributed by atoms with Gasteiger partial charge in [0.25, 0.3) is 0 Å². The molecule has 0 amide bonds. The van der Waals surface area contributed by atoms with Crippen LogP contribution in [-0.4, -0.2) is 20.9 Å². The van der Waals surface area contributed by atoms with E-state index in [0.717, 1.165) is 16.6 Å². The first-order chi connectivity index (χ1) is 11.1. The van der Waals surface area contributed by atoms with Crippen molar-refractivity contribution in [2.75, 3.05) is 0 Å². The normalized spacial score (nSPS) is 11.8. The van der Waals surface area contributed by atoms with Crippen LogP contribution in [-0.2, 0) is 6.42 Å². The Morgan fingerprint density at radius 3 is 2.65 bits per heavy atom. The number of phenolic OH excluding ortho intramolecular Hbond substituents is 2. The molecular formula is C18H17N3O2. The van der Waals surface area contributed by atoms with E-state index in [9.17, 15) is 10.2 Å². The number of hydrogen-bond acceptors (Lipinski definition) is 5. The lowest BCUT2D eigenvalue weighted by molar-refractivity contribution is 0.442. The molecule has 0 aliphatic heterocycles. The number of hydrogen-bond donors (Lipinski definition) is 3. The van der Waals surface area contributed by atoms with Crippen molar-refractivity contribution in [2.45, 2.75) is 13.3 Å². The highest BCUT2D eigenvalue weighted by atomic mass is 16.3. The minimum atomic E-state index is -0.0185. The number of pyridine rings is 1. The van der Waals surface area contributed by atoms with E-state index in [2.05, 4.69) is 10.1 Å². The zero-order valence-electron chi connectivity index (χ0n) is 12.7. The fourth-order valence-corrected chi connectivity index (χ4v) is 2.51. The molecular weight excluding hydrogens is 290 g/mol. The maximum atomic E-state index is 10.2. The van der Waals surface area contributed by atoms with E-state index in [4.69, 9.17) is 5.84 Å². The Morgan fingerprint density at radius 1 is 1.09 bits per heavy atom. The highest BCUT2D eigenvalue weighted by molar-refractivity contribution is 6.04. The Balaban J connectivity index is 1.97. The molecule has 116 valence electrons. The zero-order valence-corrected chi connectivity index (χ0v) is 12.7. The van der Waals surface area contributed by atoms with Gasteiger partial charge in [-0.2, -0.15) is 5.10 Å². The van der Waals surface area contributed by atoms with Crippen molar-refractivity contribution in [3.8, 4) is 11.5 Å². The first-order valence-electron chi connectivity index (χ1n) is 7.23. The SMILES string of the molecule is Cc1c(O)ccc(/C(Cc2ccc3ccccc3n2)=N/N)c1O. The number of rotatable bonds is 3. The number of phenols is 2. The number of para-hydroxylation sites is 1. The Hall–Kier alpha value is -3.08. The molecule has 0 fully saturated rings. The predicted molar refractivity (Wildman–Crippen MR) is 90.7 cm³/mol. The van der Waals surface area contributed by atoms with E-state index >= 15 is 0 Å². The van der Waals surface area contributed by atoms with Crippen LogP contribution in [0.4, 0.5) is 0 Å². The fraction of sp³-hybridized carbons (Fsp3) is 0.111. The highest BCUT2D eigenvalue weighted by Crippen LogP contribution is 2.30. The molecule has 0 radical (unpaired) electrons. The zero-order chi connectivity index (χ0) is 16.4. The van der Waals surface area contributed by atoms with Crippen molar-refractivity contribution in [3.63, 3.8) is 0 Å². The predicted octanol–water partition coefficient (Wildman–Crippen LogP) is 2.86. The van der Waals surface area contributed by atoms with Crippen LogP contribution >= 0.6 is 0 Å². The second-order valence-electron chi connectivity index (χ2n) is 5.35. The molecule has 3 rings (SSSR count). The molecule has 0 aliphatic rings. The Kier molecular flexibility index (Phi) is 3.85. The van der Waals surface area contributed by atoms with E-state index in [1.54, 1.807) is 13.0 Å². The molecule has 23 heavy (non-hydrogen) atoms. The largest absolute Gasteiger partial charge is 0.508 e. The first-order valence-corrected chi connectivity index (χ1v) is 7.23. The van der Waals surface area contributed by atoms with Crippen LogP contribution in [0.3, 0.4) is 0 Å². The number of hydrazone groups is 1. The van der Waals surface area contributed by atoms with Crippen LogP contribution in [0.15, 0.2) is 53.6 Å². The summed E-state index contributed by atoms with van der Waals surface area (Å²) in [5, 5.41) is 24.7. The monoisotopic (exact) mass is 307 g/mol. The molecule has 0 bridgehead atoms. The van der Waals surface area contributed by atoms with Gasteiger partial charge < -0.3 is 16.1 Å². The quantitative estimate of drug-likeness (QED) is 0.394. The van der Waals surface area contributed by atoms with E-state index in [1.165, 1.54) is 6.07 Å². The van der Waals surface area contributed by atoms with Crippen molar-refractivity contribution in [1.29, 1.82) is 0 Å². The highest BCUT2D eigenvalue weighted by Gasteiger charge is 2.15. The lowest BCUT2D eigenvalue weighted by atomic mass is 10.0. The van der Waals surface area contributed by atoms with Gasteiger partial charge in [0, 0.05) is 28.6 Å². The van der Waals surface area contributed by atoms with Gasteiger partial charge in [0.15, 0.2) is 0 Å². The number of benzene rings is 2. The molecule has 5 nitrogen and oxygen atoms in total. The fourth-order valence-electron chi connectivity index (χ4n) is 2.51. The third kappa shape index (κ3) is 2.81. The van der Waals surface area contributed by atoms with Crippen LogP contribution in [0.1, 0.15) is 16.8 Å². The minimum Gasteiger partial charge on any atom is -0.508 e. The van der Waals surface area contributed by atoms with Gasteiger partial charge in [0.1, 0.15) is 11.5 Å². The smallest absolute Gasteiger partial charge is 0.131 e. The summed E-state index contributed by atoms with van der Waals surface area (Å²) in [4.78, 5) is 4.59. The summed E-state index contributed by atoms with van der Waals surface area (Å²) < 4.78 is 0. The van der Waals surface area contributed by atoms with Gasteiger partial charge in [-0.3, -0.25) is 4.98 Å². The standard InChI is InChI=1S/C18H17N3O2/c1-11-17(22)9-8-14(18(11)23)16(21-19)10-13-7-6-12-4-2-3-5-15(12)20-13/h2-9,22-23H,10,19H2,1H3/b21-16+. The third-order valence-electron chi connectivity index (χ3n) is 3.87. The number of aromatic nitrogens is 1. The Morgan fingerprint density at radius 2 is 1.87 bits per heavy atom. The third-order valence-corrected chi connectivity index (χ3v) is 3.87. The number of fused-ring (bicyclic) bond motifs is 1. The number of aromatic hydroxyl groups is 2. The first kappa shape index (κ1) is 14.8. The molecule has 3 aromatic rings. The van der Waals surface area contributed by atoms with Gasteiger partial charge in [0.05, 0.1) is 11.2 Å². The van der Waals surface area contributed by atoms with Crippen LogP contribution < -0.4 is 5.84 Å². The summed E-state index contributed by atoms with van der Waals surface area (Å²) in [5.41, 5.74) is 3.10. The van der Waals surface area contributed by atoms with Crippen LogP contribution in [0.5, 0.6) is 11.5 Å². The van der Waals surface area contributed by atoms with E-state index in [1.807, 2.05) is 36.4 Å². The van der Waals surface area contributed by atoms with Crippen LogP contribution in [0.2, 0.25) is 0 Å². The summed E-state index contributed by atoms with van der Waals surface area (Å²) in [6, 6.07) is 14.9. The average Bonchev–Trinajstić information content (AvgIpc) is 2.58. The maximum Gasteiger partial charge on any atom is 0.131 e. The molecule has 1 aromatic heterocycles. The molecule has 4 N–H and O–H groups in total. The Bertz CT molecular complexity index is 904. The van der Waals surface area contributed by atoms with Gasteiger partial charge in [-0.05, 0) is 31.2 Å². The molecule has 0 saturated carbocycles. The number of nitrogens with two attached hydrogens (primary N) is 1. The van der Waals surface area contributed by atoms with Crippen molar-refractivity contribution < 1.29 is 10.2 Å². The average molecular weight is 307 g/mol. The van der Waals surface area contributed by atoms with Crippen molar-refractivity contribution in [2.24, 2.45) is 10.9 Å². The molecule has 0 spiro atoms. The van der Waals surface area contributed by atoms with Gasteiger partial charge >= 0.3 is 0 Å². The van der Waals surface area contributed by atoms with Gasteiger partial charge in [-0.1, -0.05) is 24.3 Å². The van der Waals surface area contributed by atoms with Crippen LogP contribution in [0.25, 0.3) is 10.9 Å². The van der Waals surface area contributed by atoms with Gasteiger partial charge in [0.2, 0.25) is 0 Å². The van der Waals surface area contributed by atoms with Crippen molar-refractivity contribution >= 4 is 16.6 Å². The molecule has 2 aromatic carbocycles. The van der Waals surface area contributed by atoms with E-state index < -0.39 is 0 Å². The Labute approximate surface area is 133 Å². The molecule has 5 heteroatoms. The summed E-state index contributed by atoms with van der Waals surface area (Å²) in [7, 11) is 0. The summed E-state index contributed by atoms with van der Waals surface area (Å²) in [6.45, 7) is 1.64. The molecule has 0 aliphatic carbocycles. The summed E-state index contributed by atoms with van der Waals surface area (Å²) in [6.07, 6.45) is 0.388. The van der Waals surface area contributed by atoms with Gasteiger partial charge in [-0.15, -0.1) is 0 Å². The second kappa shape index (κ2) is 5.96. The maximum absolute atomic E-state index is 10.2. The van der Waals surface area contributed by atoms with Crippen molar-refractivity contribution in [1.82, 2.24) is 4.98 Å².